The molecule has 1 unspecified atom stereocenters. The highest BCUT2D eigenvalue weighted by atomic mass is 35.5. The normalized spacial score (nSPS) is 11.5. The lowest BCUT2D eigenvalue weighted by Gasteiger charge is -2.26. The Hall–Kier alpha value is -3.09. The summed E-state index contributed by atoms with van der Waals surface area (Å²) >= 11 is 12.2. The molecule has 3 aromatic rings. The average Bonchev–Trinajstić information content (AvgIpc) is 2.81. The number of methoxy groups -OCH3 is 1. The minimum atomic E-state index is -0.485. The lowest BCUT2D eigenvalue weighted by Crippen LogP contribution is -2.35. The molecule has 0 aliphatic rings. The maximum absolute atomic E-state index is 13.5. The molecule has 172 valence electrons. The summed E-state index contributed by atoms with van der Waals surface area (Å²) in [6.45, 7) is 2.07. The molecule has 0 fully saturated rings. The molecule has 0 aliphatic carbocycles. The van der Waals surface area contributed by atoms with Crippen molar-refractivity contribution in [3.05, 3.63) is 93.7 Å². The first-order chi connectivity index (χ1) is 15.9. The number of carbonyl (C=O) groups excluding carboxylic acids is 2. The quantitative estimate of drug-likeness (QED) is 0.452. The third kappa shape index (κ3) is 7.20. The number of ether oxygens (including phenoxy) is 1. The van der Waals surface area contributed by atoms with Crippen LogP contribution in [-0.4, -0.2) is 28.8 Å². The molecule has 1 aromatic heterocycles. The van der Waals surface area contributed by atoms with Gasteiger partial charge in [-0.25, -0.2) is 0 Å². The standard InChI is InChI=1S/C25H25Cl2N3O3/c1-17(31)29-24(19-7-9-21(33-2)10-8-19)14-25(32)30(16-20-5-3-4-12-28-20)15-18-6-11-22(26)23(27)13-18/h3-13,24H,14-16H2,1-2H3,(H,29,31). The number of nitrogens with one attached hydrogen (secondary N) is 1. The zero-order valence-electron chi connectivity index (χ0n) is 18.4. The molecule has 6 nitrogen and oxygen atoms in total. The van der Waals surface area contributed by atoms with E-state index < -0.39 is 6.04 Å². The van der Waals surface area contributed by atoms with E-state index in [4.69, 9.17) is 27.9 Å². The second-order valence-corrected chi connectivity index (χ2v) is 8.36. The number of nitrogens with zero attached hydrogens (tertiary/aromatic N) is 2. The van der Waals surface area contributed by atoms with Crippen molar-refractivity contribution < 1.29 is 14.3 Å². The van der Waals surface area contributed by atoms with Gasteiger partial charge in [0.15, 0.2) is 0 Å². The average molecular weight is 486 g/mol. The van der Waals surface area contributed by atoms with Gasteiger partial charge in [0, 0.05) is 19.7 Å². The largest absolute Gasteiger partial charge is 0.497 e. The smallest absolute Gasteiger partial charge is 0.225 e. The fourth-order valence-electron chi connectivity index (χ4n) is 3.42. The summed E-state index contributed by atoms with van der Waals surface area (Å²) in [5, 5.41) is 3.76. The molecule has 0 saturated carbocycles. The van der Waals surface area contributed by atoms with E-state index in [1.807, 2.05) is 36.4 Å². The summed E-state index contributed by atoms with van der Waals surface area (Å²) < 4.78 is 5.21. The van der Waals surface area contributed by atoms with Crippen LogP contribution in [0.25, 0.3) is 0 Å². The first kappa shape index (κ1) is 24.6. The van der Waals surface area contributed by atoms with Crippen LogP contribution in [0, 0.1) is 0 Å². The van der Waals surface area contributed by atoms with Crippen LogP contribution in [0.3, 0.4) is 0 Å². The number of hydrogen-bond acceptors (Lipinski definition) is 4. The number of halogens is 2. The topological polar surface area (TPSA) is 71.5 Å². The fraction of sp³-hybridized carbons (Fsp3) is 0.240. The molecule has 0 aliphatic heterocycles. The summed E-state index contributed by atoms with van der Waals surface area (Å²) in [5.41, 5.74) is 2.41. The Morgan fingerprint density at radius 2 is 1.79 bits per heavy atom. The lowest BCUT2D eigenvalue weighted by atomic mass is 10.0. The third-order valence-corrected chi connectivity index (χ3v) is 5.80. The molecule has 3 rings (SSSR count). The minimum absolute atomic E-state index is 0.0834. The number of aromatic nitrogens is 1. The van der Waals surface area contributed by atoms with E-state index in [0.29, 0.717) is 28.9 Å². The third-order valence-electron chi connectivity index (χ3n) is 5.06. The number of benzene rings is 2. The van der Waals surface area contributed by atoms with Gasteiger partial charge in [-0.15, -0.1) is 0 Å². The molecule has 0 radical (unpaired) electrons. The van der Waals surface area contributed by atoms with Gasteiger partial charge in [0.25, 0.3) is 0 Å². The molecule has 1 N–H and O–H groups in total. The number of carbonyl (C=O) groups is 2. The molecule has 0 bridgehead atoms. The predicted octanol–water partition coefficient (Wildman–Crippen LogP) is 5.19. The second-order valence-electron chi connectivity index (χ2n) is 7.55. The summed E-state index contributed by atoms with van der Waals surface area (Å²) in [7, 11) is 1.59. The molecule has 33 heavy (non-hydrogen) atoms. The van der Waals surface area contributed by atoms with Gasteiger partial charge in [-0.05, 0) is 47.5 Å². The molecule has 8 heteroatoms. The van der Waals surface area contributed by atoms with Crippen molar-refractivity contribution in [1.29, 1.82) is 0 Å². The van der Waals surface area contributed by atoms with Crippen molar-refractivity contribution in [2.75, 3.05) is 7.11 Å². The van der Waals surface area contributed by atoms with Crippen molar-refractivity contribution in [2.45, 2.75) is 32.5 Å². The predicted molar refractivity (Wildman–Crippen MR) is 129 cm³/mol. The first-order valence-corrected chi connectivity index (χ1v) is 11.1. The van der Waals surface area contributed by atoms with Gasteiger partial charge in [-0.1, -0.05) is 47.5 Å². The van der Waals surface area contributed by atoms with Crippen LogP contribution in [0.1, 0.15) is 36.2 Å². The molecule has 2 aromatic carbocycles. The summed E-state index contributed by atoms with van der Waals surface area (Å²) in [5.74, 6) is 0.341. The second kappa shape index (κ2) is 11.7. The van der Waals surface area contributed by atoms with Gasteiger partial charge < -0.3 is 15.0 Å². The molecule has 2 amide bonds. The van der Waals surface area contributed by atoms with E-state index >= 15 is 0 Å². The maximum atomic E-state index is 13.5. The molecular formula is C25H25Cl2N3O3. The maximum Gasteiger partial charge on any atom is 0.225 e. The monoisotopic (exact) mass is 485 g/mol. The van der Waals surface area contributed by atoms with Gasteiger partial charge in [-0.2, -0.15) is 0 Å². The Kier molecular flexibility index (Phi) is 8.69. The Morgan fingerprint density at radius 1 is 1.03 bits per heavy atom. The van der Waals surface area contributed by atoms with Gasteiger partial charge in [0.05, 0.1) is 41.9 Å². The Balaban J connectivity index is 1.85. The first-order valence-electron chi connectivity index (χ1n) is 10.4. The van der Waals surface area contributed by atoms with E-state index in [1.54, 1.807) is 42.5 Å². The van der Waals surface area contributed by atoms with Crippen LogP contribution >= 0.6 is 23.2 Å². The zero-order valence-corrected chi connectivity index (χ0v) is 19.9. The summed E-state index contributed by atoms with van der Waals surface area (Å²) in [6, 6.07) is 17.7. The number of pyridine rings is 1. The van der Waals surface area contributed by atoms with Crippen LogP contribution in [0.15, 0.2) is 66.9 Å². The molecule has 0 saturated heterocycles. The van der Waals surface area contributed by atoms with Crippen molar-refractivity contribution in [3.8, 4) is 5.75 Å². The lowest BCUT2D eigenvalue weighted by molar-refractivity contribution is -0.133. The van der Waals surface area contributed by atoms with Crippen LogP contribution in [0.2, 0.25) is 10.0 Å². The van der Waals surface area contributed by atoms with Crippen molar-refractivity contribution in [1.82, 2.24) is 15.2 Å². The van der Waals surface area contributed by atoms with Gasteiger partial charge in [-0.3, -0.25) is 14.6 Å². The Bertz CT molecular complexity index is 1090. The highest BCUT2D eigenvalue weighted by Crippen LogP contribution is 2.25. The minimum Gasteiger partial charge on any atom is -0.497 e. The summed E-state index contributed by atoms with van der Waals surface area (Å²) in [6.07, 6.45) is 1.77. The summed E-state index contributed by atoms with van der Waals surface area (Å²) in [4.78, 5) is 31.4. The van der Waals surface area contributed by atoms with Crippen LogP contribution in [-0.2, 0) is 22.7 Å². The zero-order chi connectivity index (χ0) is 23.8. The van der Waals surface area contributed by atoms with E-state index in [1.165, 1.54) is 6.92 Å². The fourth-order valence-corrected chi connectivity index (χ4v) is 3.74. The molecule has 0 spiro atoms. The van der Waals surface area contributed by atoms with Crippen LogP contribution in [0.5, 0.6) is 5.75 Å². The molecule has 1 heterocycles. The Labute approximate surface area is 203 Å². The van der Waals surface area contributed by atoms with Gasteiger partial charge in [0.2, 0.25) is 11.8 Å². The van der Waals surface area contributed by atoms with E-state index in [2.05, 4.69) is 10.3 Å². The van der Waals surface area contributed by atoms with E-state index in [-0.39, 0.29) is 18.2 Å². The van der Waals surface area contributed by atoms with Crippen molar-refractivity contribution in [2.24, 2.45) is 0 Å². The van der Waals surface area contributed by atoms with Gasteiger partial charge >= 0.3 is 0 Å². The highest BCUT2D eigenvalue weighted by molar-refractivity contribution is 6.42. The number of amides is 2. The molecule has 1 atom stereocenters. The Morgan fingerprint density at radius 3 is 2.39 bits per heavy atom. The SMILES string of the molecule is COc1ccc(C(CC(=O)N(Cc2ccc(Cl)c(Cl)c2)Cc2ccccn2)NC(C)=O)cc1. The van der Waals surface area contributed by atoms with E-state index in [0.717, 1.165) is 16.8 Å². The number of rotatable bonds is 9. The van der Waals surface area contributed by atoms with Crippen LogP contribution < -0.4 is 10.1 Å². The highest BCUT2D eigenvalue weighted by Gasteiger charge is 2.22. The van der Waals surface area contributed by atoms with Crippen LogP contribution in [0.4, 0.5) is 0 Å². The molecular weight excluding hydrogens is 461 g/mol. The van der Waals surface area contributed by atoms with Gasteiger partial charge in [0.1, 0.15) is 5.75 Å². The van der Waals surface area contributed by atoms with Crippen molar-refractivity contribution in [3.63, 3.8) is 0 Å². The number of hydrogen-bond donors (Lipinski definition) is 1. The van der Waals surface area contributed by atoms with E-state index in [9.17, 15) is 9.59 Å². The van der Waals surface area contributed by atoms with Crippen molar-refractivity contribution >= 4 is 35.0 Å².